The third kappa shape index (κ3) is 8.03. The summed E-state index contributed by atoms with van der Waals surface area (Å²) in [7, 11) is 0. The molecule has 1 aromatic rings. The molecular weight excluding hydrogens is 274 g/mol. The Balaban J connectivity index is 2.02. The summed E-state index contributed by atoms with van der Waals surface area (Å²) in [5, 5.41) is 0. The van der Waals surface area contributed by atoms with Crippen LogP contribution in [0, 0.1) is 0 Å². The largest absolute Gasteiger partial charge is 0.357 e. The van der Waals surface area contributed by atoms with Gasteiger partial charge in [-0.2, -0.15) is 0 Å². The molecule has 22 heavy (non-hydrogen) atoms. The third-order valence-electron chi connectivity index (χ3n) is 3.86. The molecule has 0 spiro atoms. The number of aromatic nitrogens is 1. The molecule has 0 fully saturated rings. The number of nitrogen functional groups attached to an aromatic ring is 1. The van der Waals surface area contributed by atoms with Gasteiger partial charge in [-0.15, -0.1) is 0 Å². The standard InChI is InChI=1S/C18H31N3O/c1-2-3-4-5-6-7-8-9-10-11-12-13-16-14-17(20-15-16)18(22)21-19/h11-12,14-15,20H,2-10,13,19H2,1H3,(H,21,22)/b12-11+. The predicted molar refractivity (Wildman–Crippen MR) is 92.5 cm³/mol. The fourth-order valence-corrected chi connectivity index (χ4v) is 2.50. The van der Waals surface area contributed by atoms with Gasteiger partial charge in [0.15, 0.2) is 0 Å². The molecule has 1 amide bonds. The molecule has 4 heteroatoms. The van der Waals surface area contributed by atoms with E-state index in [0.29, 0.717) is 5.69 Å². The van der Waals surface area contributed by atoms with E-state index in [2.05, 4.69) is 29.5 Å². The van der Waals surface area contributed by atoms with Crippen LogP contribution in [0.1, 0.15) is 80.8 Å². The number of aromatic amines is 1. The van der Waals surface area contributed by atoms with Gasteiger partial charge in [-0.05, 0) is 30.9 Å². The number of unbranched alkanes of at least 4 members (excludes halogenated alkanes) is 8. The maximum atomic E-state index is 11.3. The lowest BCUT2D eigenvalue weighted by molar-refractivity contribution is 0.0949. The summed E-state index contributed by atoms with van der Waals surface area (Å²) in [6.07, 6.45) is 19.1. The van der Waals surface area contributed by atoms with E-state index < -0.39 is 0 Å². The lowest BCUT2D eigenvalue weighted by Crippen LogP contribution is -2.30. The van der Waals surface area contributed by atoms with Gasteiger partial charge in [0.05, 0.1) is 0 Å². The number of rotatable bonds is 12. The highest BCUT2D eigenvalue weighted by molar-refractivity contribution is 5.92. The number of H-pyrrole nitrogens is 1. The van der Waals surface area contributed by atoms with Crippen LogP contribution in [0.5, 0.6) is 0 Å². The number of carbonyl (C=O) groups is 1. The van der Waals surface area contributed by atoms with Crippen molar-refractivity contribution in [3.05, 3.63) is 35.7 Å². The van der Waals surface area contributed by atoms with Gasteiger partial charge in [0.1, 0.15) is 5.69 Å². The predicted octanol–water partition coefficient (Wildman–Crippen LogP) is 4.25. The van der Waals surface area contributed by atoms with Gasteiger partial charge < -0.3 is 4.98 Å². The fraction of sp³-hybridized carbons (Fsp3) is 0.611. The van der Waals surface area contributed by atoms with Crippen molar-refractivity contribution >= 4 is 5.91 Å². The SMILES string of the molecule is CCCCCCCCCC/C=C/Cc1c[nH]c(C(=O)NN)c1. The van der Waals surface area contributed by atoms with E-state index >= 15 is 0 Å². The number of allylic oxidation sites excluding steroid dienone is 2. The summed E-state index contributed by atoms with van der Waals surface area (Å²) in [5.74, 6) is 4.81. The number of hydrazine groups is 1. The second kappa shape index (κ2) is 12.0. The monoisotopic (exact) mass is 305 g/mol. The average Bonchev–Trinajstić information content (AvgIpc) is 3.00. The molecular formula is C18H31N3O. The van der Waals surface area contributed by atoms with E-state index in [1.165, 1.54) is 51.4 Å². The number of hydrogen-bond donors (Lipinski definition) is 3. The first-order valence-electron chi connectivity index (χ1n) is 8.61. The summed E-state index contributed by atoms with van der Waals surface area (Å²) in [6, 6.07) is 1.84. The molecule has 0 aliphatic carbocycles. The van der Waals surface area contributed by atoms with Crippen molar-refractivity contribution in [2.75, 3.05) is 0 Å². The van der Waals surface area contributed by atoms with Crippen molar-refractivity contribution in [3.8, 4) is 0 Å². The van der Waals surface area contributed by atoms with Crippen molar-refractivity contribution in [3.63, 3.8) is 0 Å². The van der Waals surface area contributed by atoms with E-state index in [1.807, 2.05) is 12.3 Å². The maximum absolute atomic E-state index is 11.3. The number of nitrogens with two attached hydrogens (primary N) is 1. The Kier molecular flexibility index (Phi) is 10.1. The Hall–Kier alpha value is -1.55. The van der Waals surface area contributed by atoms with Crippen LogP contribution in [0.3, 0.4) is 0 Å². The molecule has 1 heterocycles. The first kappa shape index (κ1) is 18.5. The zero-order chi connectivity index (χ0) is 16.0. The molecule has 0 aliphatic heterocycles. The fourth-order valence-electron chi connectivity index (χ4n) is 2.50. The minimum absolute atomic E-state index is 0.283. The van der Waals surface area contributed by atoms with Gasteiger partial charge in [-0.25, -0.2) is 5.84 Å². The van der Waals surface area contributed by atoms with Crippen LogP contribution in [0.2, 0.25) is 0 Å². The Morgan fingerprint density at radius 1 is 1.14 bits per heavy atom. The molecule has 0 saturated carbocycles. The molecule has 1 aromatic heterocycles. The highest BCUT2D eigenvalue weighted by atomic mass is 16.2. The van der Waals surface area contributed by atoms with Crippen LogP contribution in [0.4, 0.5) is 0 Å². The molecule has 1 rings (SSSR count). The van der Waals surface area contributed by atoms with Gasteiger partial charge in [-0.1, -0.05) is 64.0 Å². The molecule has 4 nitrogen and oxygen atoms in total. The Morgan fingerprint density at radius 2 is 1.82 bits per heavy atom. The zero-order valence-electron chi connectivity index (χ0n) is 13.9. The molecule has 0 radical (unpaired) electrons. The van der Waals surface area contributed by atoms with Gasteiger partial charge in [0, 0.05) is 6.20 Å². The quantitative estimate of drug-likeness (QED) is 0.178. The third-order valence-corrected chi connectivity index (χ3v) is 3.86. The lowest BCUT2D eigenvalue weighted by atomic mass is 10.1. The summed E-state index contributed by atoms with van der Waals surface area (Å²) in [5.41, 5.74) is 3.73. The van der Waals surface area contributed by atoms with Gasteiger partial charge in [0.25, 0.3) is 5.91 Å². The zero-order valence-corrected chi connectivity index (χ0v) is 13.9. The van der Waals surface area contributed by atoms with Gasteiger partial charge in [0.2, 0.25) is 0 Å². The van der Waals surface area contributed by atoms with Crippen LogP contribution >= 0.6 is 0 Å². The first-order chi connectivity index (χ1) is 10.8. The maximum Gasteiger partial charge on any atom is 0.281 e. The second-order valence-corrected chi connectivity index (χ2v) is 5.83. The molecule has 0 atom stereocenters. The van der Waals surface area contributed by atoms with Gasteiger partial charge in [-0.3, -0.25) is 10.2 Å². The average molecular weight is 305 g/mol. The topological polar surface area (TPSA) is 70.9 Å². The first-order valence-corrected chi connectivity index (χ1v) is 8.61. The van der Waals surface area contributed by atoms with Crippen LogP contribution < -0.4 is 11.3 Å². The Labute approximate surface area is 134 Å². The summed E-state index contributed by atoms with van der Waals surface area (Å²) >= 11 is 0. The summed E-state index contributed by atoms with van der Waals surface area (Å²) in [6.45, 7) is 2.26. The summed E-state index contributed by atoms with van der Waals surface area (Å²) < 4.78 is 0. The lowest BCUT2D eigenvalue weighted by Gasteiger charge is -1.99. The van der Waals surface area contributed by atoms with Crippen LogP contribution in [0.25, 0.3) is 0 Å². The van der Waals surface area contributed by atoms with Crippen molar-refractivity contribution in [2.24, 2.45) is 5.84 Å². The molecule has 0 bridgehead atoms. The molecule has 0 aliphatic rings. The second-order valence-electron chi connectivity index (χ2n) is 5.83. The number of hydrogen-bond acceptors (Lipinski definition) is 2. The van der Waals surface area contributed by atoms with E-state index in [0.717, 1.165) is 18.4 Å². The van der Waals surface area contributed by atoms with Crippen molar-refractivity contribution < 1.29 is 4.79 Å². The highest BCUT2D eigenvalue weighted by Crippen LogP contribution is 2.10. The Bertz CT molecular complexity index is 437. The number of amides is 1. The van der Waals surface area contributed by atoms with E-state index in [-0.39, 0.29) is 5.91 Å². The molecule has 124 valence electrons. The minimum Gasteiger partial charge on any atom is -0.357 e. The molecule has 0 unspecified atom stereocenters. The Morgan fingerprint density at radius 3 is 2.50 bits per heavy atom. The van der Waals surface area contributed by atoms with Crippen molar-refractivity contribution in [1.29, 1.82) is 0 Å². The number of carbonyl (C=O) groups excluding carboxylic acids is 1. The van der Waals surface area contributed by atoms with E-state index in [4.69, 9.17) is 5.84 Å². The van der Waals surface area contributed by atoms with E-state index in [9.17, 15) is 4.79 Å². The van der Waals surface area contributed by atoms with Crippen LogP contribution in [-0.2, 0) is 6.42 Å². The van der Waals surface area contributed by atoms with E-state index in [1.54, 1.807) is 0 Å². The van der Waals surface area contributed by atoms with Crippen LogP contribution in [-0.4, -0.2) is 10.9 Å². The smallest absolute Gasteiger partial charge is 0.281 e. The normalized spacial score (nSPS) is 11.2. The van der Waals surface area contributed by atoms with Crippen molar-refractivity contribution in [2.45, 2.75) is 71.1 Å². The molecule has 4 N–H and O–H groups in total. The molecule has 0 aromatic carbocycles. The van der Waals surface area contributed by atoms with Crippen LogP contribution in [0.15, 0.2) is 24.4 Å². The highest BCUT2D eigenvalue weighted by Gasteiger charge is 2.05. The number of nitrogens with one attached hydrogen (secondary N) is 2. The summed E-state index contributed by atoms with van der Waals surface area (Å²) in [4.78, 5) is 14.2. The van der Waals surface area contributed by atoms with Gasteiger partial charge >= 0.3 is 0 Å². The van der Waals surface area contributed by atoms with Crippen molar-refractivity contribution in [1.82, 2.24) is 10.4 Å². The molecule has 0 saturated heterocycles. The minimum atomic E-state index is -0.283.